The summed E-state index contributed by atoms with van der Waals surface area (Å²) >= 11 is 0. The van der Waals surface area contributed by atoms with E-state index in [1.807, 2.05) is 29.2 Å². The van der Waals surface area contributed by atoms with Gasteiger partial charge in [-0.3, -0.25) is 9.69 Å². The first-order valence-electron chi connectivity index (χ1n) is 10.6. The first kappa shape index (κ1) is 18.8. The topological polar surface area (TPSA) is 42.0 Å². The van der Waals surface area contributed by atoms with E-state index in [0.717, 1.165) is 62.9 Å². The highest BCUT2D eigenvalue weighted by molar-refractivity contribution is 6.00. The first-order valence-corrected chi connectivity index (χ1v) is 10.6. The van der Waals surface area contributed by atoms with Crippen LogP contribution in [-0.2, 0) is 9.53 Å². The second-order valence-electron chi connectivity index (χ2n) is 8.19. The van der Waals surface area contributed by atoms with Gasteiger partial charge in [-0.05, 0) is 50.2 Å². The SMILES string of the molecule is COc1ccccc1N1CCC(N2CCC(OCC3CCCC3)CC2)C1=O. The van der Waals surface area contributed by atoms with Crippen LogP contribution in [0.15, 0.2) is 24.3 Å². The molecule has 2 aliphatic heterocycles. The molecule has 0 bridgehead atoms. The van der Waals surface area contributed by atoms with E-state index < -0.39 is 0 Å². The number of piperidine rings is 1. The molecular formula is C22H32N2O3. The van der Waals surface area contributed by atoms with Crippen molar-refractivity contribution in [3.8, 4) is 5.75 Å². The molecule has 5 heteroatoms. The molecular weight excluding hydrogens is 340 g/mol. The van der Waals surface area contributed by atoms with Crippen molar-refractivity contribution in [2.45, 2.75) is 57.1 Å². The zero-order valence-electron chi connectivity index (χ0n) is 16.4. The predicted molar refractivity (Wildman–Crippen MR) is 106 cm³/mol. The number of para-hydroxylation sites is 2. The lowest BCUT2D eigenvalue weighted by Crippen LogP contribution is -2.47. The van der Waals surface area contributed by atoms with E-state index in [2.05, 4.69) is 4.90 Å². The average molecular weight is 373 g/mol. The third kappa shape index (κ3) is 4.14. The van der Waals surface area contributed by atoms with Gasteiger partial charge in [-0.15, -0.1) is 0 Å². The van der Waals surface area contributed by atoms with Crippen LogP contribution in [0.2, 0.25) is 0 Å². The van der Waals surface area contributed by atoms with Gasteiger partial charge in [0, 0.05) is 26.2 Å². The van der Waals surface area contributed by atoms with Gasteiger partial charge in [0.15, 0.2) is 0 Å². The molecule has 0 N–H and O–H groups in total. The highest BCUT2D eigenvalue weighted by Gasteiger charge is 2.39. The smallest absolute Gasteiger partial charge is 0.244 e. The quantitative estimate of drug-likeness (QED) is 0.767. The Hall–Kier alpha value is -1.59. The Balaban J connectivity index is 1.29. The predicted octanol–water partition coefficient (Wildman–Crippen LogP) is 3.47. The van der Waals surface area contributed by atoms with Crippen LogP contribution < -0.4 is 9.64 Å². The number of hydrogen-bond acceptors (Lipinski definition) is 4. The molecule has 1 saturated carbocycles. The summed E-state index contributed by atoms with van der Waals surface area (Å²) in [4.78, 5) is 17.3. The van der Waals surface area contributed by atoms with Crippen LogP contribution in [-0.4, -0.2) is 56.3 Å². The van der Waals surface area contributed by atoms with Gasteiger partial charge in [0.25, 0.3) is 0 Å². The number of carbonyl (C=O) groups excluding carboxylic acids is 1. The molecule has 148 valence electrons. The van der Waals surface area contributed by atoms with Crippen LogP contribution in [0.4, 0.5) is 5.69 Å². The van der Waals surface area contributed by atoms with Crippen LogP contribution in [0.25, 0.3) is 0 Å². The van der Waals surface area contributed by atoms with Gasteiger partial charge in [-0.1, -0.05) is 25.0 Å². The van der Waals surface area contributed by atoms with Crippen molar-refractivity contribution in [3.63, 3.8) is 0 Å². The number of benzene rings is 1. The summed E-state index contributed by atoms with van der Waals surface area (Å²) < 4.78 is 11.6. The molecule has 3 fully saturated rings. The van der Waals surface area contributed by atoms with E-state index in [9.17, 15) is 4.79 Å². The van der Waals surface area contributed by atoms with Crippen molar-refractivity contribution in [1.29, 1.82) is 0 Å². The molecule has 0 radical (unpaired) electrons. The highest BCUT2D eigenvalue weighted by Crippen LogP contribution is 2.33. The summed E-state index contributed by atoms with van der Waals surface area (Å²) in [5.74, 6) is 1.77. The van der Waals surface area contributed by atoms with Gasteiger partial charge in [0.2, 0.25) is 5.91 Å². The molecule has 4 rings (SSSR count). The molecule has 0 aromatic heterocycles. The minimum absolute atomic E-state index is 0.00527. The molecule has 1 aromatic rings. The number of amides is 1. The number of likely N-dealkylation sites (tertiary alicyclic amines) is 1. The van der Waals surface area contributed by atoms with E-state index in [-0.39, 0.29) is 11.9 Å². The monoisotopic (exact) mass is 372 g/mol. The minimum atomic E-state index is 0.00527. The van der Waals surface area contributed by atoms with Crippen LogP contribution in [0, 0.1) is 5.92 Å². The zero-order chi connectivity index (χ0) is 18.6. The molecule has 2 heterocycles. The summed E-state index contributed by atoms with van der Waals surface area (Å²) in [6, 6.07) is 7.80. The molecule has 3 aliphatic rings. The number of hydrogen-bond donors (Lipinski definition) is 0. The maximum atomic E-state index is 13.1. The molecule has 5 nitrogen and oxygen atoms in total. The van der Waals surface area contributed by atoms with Crippen LogP contribution in [0.3, 0.4) is 0 Å². The number of carbonyl (C=O) groups is 1. The molecule has 27 heavy (non-hydrogen) atoms. The Bertz CT molecular complexity index is 636. The summed E-state index contributed by atoms with van der Waals surface area (Å²) in [6.07, 6.45) is 8.80. The number of rotatable bonds is 6. The first-order chi connectivity index (χ1) is 13.3. The van der Waals surface area contributed by atoms with Gasteiger partial charge >= 0.3 is 0 Å². The Kier molecular flexibility index (Phi) is 5.98. The van der Waals surface area contributed by atoms with Crippen LogP contribution in [0.5, 0.6) is 5.75 Å². The fourth-order valence-electron chi connectivity index (χ4n) is 4.90. The zero-order valence-corrected chi connectivity index (χ0v) is 16.4. The fraction of sp³-hybridized carbons (Fsp3) is 0.682. The van der Waals surface area contributed by atoms with Gasteiger partial charge in [-0.25, -0.2) is 0 Å². The summed E-state index contributed by atoms with van der Waals surface area (Å²) in [5, 5.41) is 0. The lowest BCUT2D eigenvalue weighted by molar-refractivity contribution is -0.122. The molecule has 1 atom stereocenters. The minimum Gasteiger partial charge on any atom is -0.495 e. The van der Waals surface area contributed by atoms with Crippen molar-refractivity contribution in [2.75, 3.05) is 38.3 Å². The van der Waals surface area contributed by atoms with E-state index in [1.54, 1.807) is 7.11 Å². The van der Waals surface area contributed by atoms with Crippen molar-refractivity contribution in [3.05, 3.63) is 24.3 Å². The average Bonchev–Trinajstić information content (AvgIpc) is 3.36. The van der Waals surface area contributed by atoms with Crippen molar-refractivity contribution < 1.29 is 14.3 Å². The molecule has 2 saturated heterocycles. The van der Waals surface area contributed by atoms with E-state index in [0.29, 0.717) is 6.10 Å². The van der Waals surface area contributed by atoms with Crippen molar-refractivity contribution in [2.24, 2.45) is 5.92 Å². The second-order valence-corrected chi connectivity index (χ2v) is 8.19. The fourth-order valence-corrected chi connectivity index (χ4v) is 4.90. The van der Waals surface area contributed by atoms with Crippen LogP contribution >= 0.6 is 0 Å². The molecule has 1 aliphatic carbocycles. The largest absolute Gasteiger partial charge is 0.495 e. The molecule has 1 amide bonds. The van der Waals surface area contributed by atoms with E-state index in [4.69, 9.17) is 9.47 Å². The van der Waals surface area contributed by atoms with Crippen LogP contribution in [0.1, 0.15) is 44.9 Å². The van der Waals surface area contributed by atoms with E-state index in [1.165, 1.54) is 25.7 Å². The van der Waals surface area contributed by atoms with Gasteiger partial charge in [-0.2, -0.15) is 0 Å². The maximum absolute atomic E-state index is 13.1. The number of nitrogens with zero attached hydrogens (tertiary/aromatic N) is 2. The van der Waals surface area contributed by atoms with Gasteiger partial charge in [0.1, 0.15) is 5.75 Å². The summed E-state index contributed by atoms with van der Waals surface area (Å²) in [5.41, 5.74) is 0.891. The Morgan fingerprint density at radius 3 is 2.48 bits per heavy atom. The Labute approximate surface area is 162 Å². The number of ether oxygens (including phenoxy) is 2. The lowest BCUT2D eigenvalue weighted by Gasteiger charge is -2.35. The van der Waals surface area contributed by atoms with Gasteiger partial charge in [0.05, 0.1) is 24.9 Å². The highest BCUT2D eigenvalue weighted by atomic mass is 16.5. The lowest BCUT2D eigenvalue weighted by atomic mass is 10.0. The van der Waals surface area contributed by atoms with Crippen molar-refractivity contribution >= 4 is 11.6 Å². The molecule has 1 aromatic carbocycles. The van der Waals surface area contributed by atoms with E-state index >= 15 is 0 Å². The second kappa shape index (κ2) is 8.61. The Morgan fingerprint density at radius 1 is 1.00 bits per heavy atom. The summed E-state index contributed by atoms with van der Waals surface area (Å²) in [6.45, 7) is 3.63. The molecule has 1 unspecified atom stereocenters. The summed E-state index contributed by atoms with van der Waals surface area (Å²) in [7, 11) is 1.66. The molecule has 0 spiro atoms. The standard InChI is InChI=1S/C22H32N2O3/c1-26-21-9-5-4-8-19(21)24-15-12-20(22(24)25)23-13-10-18(11-14-23)27-16-17-6-2-3-7-17/h4-5,8-9,17-18,20H,2-3,6-7,10-16H2,1H3. The van der Waals surface area contributed by atoms with Crippen molar-refractivity contribution in [1.82, 2.24) is 4.90 Å². The third-order valence-corrected chi connectivity index (χ3v) is 6.51. The van der Waals surface area contributed by atoms with Gasteiger partial charge < -0.3 is 14.4 Å². The third-order valence-electron chi connectivity index (χ3n) is 6.51. The normalized spacial score (nSPS) is 25.4. The number of anilines is 1. The number of methoxy groups -OCH3 is 1. The Morgan fingerprint density at radius 2 is 1.74 bits per heavy atom. The maximum Gasteiger partial charge on any atom is 0.244 e.